The molecule has 2 heterocycles. The van der Waals surface area contributed by atoms with Gasteiger partial charge in [-0.25, -0.2) is 0 Å². The zero-order chi connectivity index (χ0) is 27.0. The molecule has 2 aromatic heterocycles. The van der Waals surface area contributed by atoms with Gasteiger partial charge < -0.3 is 19.4 Å². The quantitative estimate of drug-likeness (QED) is 0.398. The van der Waals surface area contributed by atoms with Gasteiger partial charge in [0, 0.05) is 36.8 Å². The smallest absolute Gasteiger partial charge is 0.223 e. The van der Waals surface area contributed by atoms with E-state index in [4.69, 9.17) is 9.15 Å². The van der Waals surface area contributed by atoms with Crippen molar-refractivity contribution in [1.82, 2.24) is 15.1 Å². The summed E-state index contributed by atoms with van der Waals surface area (Å²) >= 11 is 1.81. The fourth-order valence-electron chi connectivity index (χ4n) is 5.76. The standard InChI is InChI=1S/C30H41N3O4S/c1-4-37-29(16-6-5-7-17-29)23-31-27(34)12-13-28(35)33(22-25-10-8-20-36-25)24-14-18-30(19-15-24,32(2)3)26-11-9-21-38-26/h5-11,16,20-21,24H,4,12-15,17-19,22-23H2,1-3H3,(H,31,34). The third-order valence-corrected chi connectivity index (χ3v) is 9.04. The minimum atomic E-state index is -0.516. The van der Waals surface area contributed by atoms with Crippen LogP contribution in [-0.2, 0) is 26.4 Å². The van der Waals surface area contributed by atoms with Gasteiger partial charge in [0.15, 0.2) is 0 Å². The van der Waals surface area contributed by atoms with E-state index in [0.717, 1.165) is 37.9 Å². The maximum atomic E-state index is 13.5. The molecule has 0 saturated heterocycles. The van der Waals surface area contributed by atoms with Crippen LogP contribution >= 0.6 is 11.3 Å². The highest BCUT2D eigenvalue weighted by atomic mass is 32.1. The Hall–Kier alpha value is -2.68. The summed E-state index contributed by atoms with van der Waals surface area (Å²) in [5.74, 6) is 0.627. The predicted octanol–water partition coefficient (Wildman–Crippen LogP) is 5.26. The van der Waals surface area contributed by atoms with Gasteiger partial charge in [0.2, 0.25) is 11.8 Å². The van der Waals surface area contributed by atoms with Crippen LogP contribution < -0.4 is 5.32 Å². The normalized spacial score (nSPS) is 25.0. The average Bonchev–Trinajstić information content (AvgIpc) is 3.65. The van der Waals surface area contributed by atoms with Crippen molar-refractivity contribution in [3.8, 4) is 0 Å². The molecule has 2 aromatic rings. The molecule has 0 spiro atoms. The van der Waals surface area contributed by atoms with Gasteiger partial charge in [-0.3, -0.25) is 14.5 Å². The lowest BCUT2D eigenvalue weighted by molar-refractivity contribution is -0.138. The van der Waals surface area contributed by atoms with Gasteiger partial charge >= 0.3 is 0 Å². The van der Waals surface area contributed by atoms with E-state index in [2.05, 4.69) is 41.8 Å². The van der Waals surface area contributed by atoms with Crippen molar-refractivity contribution < 1.29 is 18.7 Å². The van der Waals surface area contributed by atoms with E-state index in [1.54, 1.807) is 17.6 Å². The van der Waals surface area contributed by atoms with Crippen LogP contribution in [0.15, 0.2) is 64.6 Å². The lowest BCUT2D eigenvalue weighted by atomic mass is 9.77. The summed E-state index contributed by atoms with van der Waals surface area (Å²) in [6.45, 7) is 3.34. The number of furan rings is 1. The minimum Gasteiger partial charge on any atom is -0.467 e. The number of hydrogen-bond donors (Lipinski definition) is 1. The Morgan fingerprint density at radius 1 is 1.16 bits per heavy atom. The molecule has 0 bridgehead atoms. The summed E-state index contributed by atoms with van der Waals surface area (Å²) in [7, 11) is 4.30. The molecular formula is C30H41N3O4S. The lowest BCUT2D eigenvalue weighted by Crippen LogP contribution is -2.49. The first kappa shape index (κ1) is 28.3. The Morgan fingerprint density at radius 3 is 2.58 bits per heavy atom. The summed E-state index contributed by atoms with van der Waals surface area (Å²) < 4.78 is 11.5. The molecule has 8 heteroatoms. The first-order valence-corrected chi connectivity index (χ1v) is 14.5. The molecular weight excluding hydrogens is 498 g/mol. The second kappa shape index (κ2) is 12.9. The minimum absolute atomic E-state index is 0.00320. The zero-order valence-electron chi connectivity index (χ0n) is 22.9. The topological polar surface area (TPSA) is 75.0 Å². The Labute approximate surface area is 230 Å². The third-order valence-electron chi connectivity index (χ3n) is 7.98. The molecule has 0 aliphatic heterocycles. The summed E-state index contributed by atoms with van der Waals surface area (Å²) in [4.78, 5) is 31.9. The second-order valence-corrected chi connectivity index (χ2v) is 11.4. The number of allylic oxidation sites excluding steroid dienone is 2. The van der Waals surface area contributed by atoms with Crippen LogP contribution in [0.25, 0.3) is 0 Å². The van der Waals surface area contributed by atoms with Crippen LogP contribution in [0.2, 0.25) is 0 Å². The number of carbonyl (C=O) groups is 2. The van der Waals surface area contributed by atoms with Gasteiger partial charge in [-0.2, -0.15) is 0 Å². The van der Waals surface area contributed by atoms with E-state index in [1.807, 2.05) is 48.3 Å². The molecule has 1 fully saturated rings. The molecule has 7 nitrogen and oxygen atoms in total. The zero-order valence-corrected chi connectivity index (χ0v) is 23.7. The Balaban J connectivity index is 1.37. The number of nitrogens with zero attached hydrogens (tertiary/aromatic N) is 2. The van der Waals surface area contributed by atoms with Crippen LogP contribution in [0.5, 0.6) is 0 Å². The molecule has 38 heavy (non-hydrogen) atoms. The SMILES string of the molecule is CCOC1(CNC(=O)CCC(=O)N(Cc2ccco2)C2CCC(c3cccs3)(N(C)C)CC2)C=CC=CC1. The average molecular weight is 540 g/mol. The lowest BCUT2D eigenvalue weighted by Gasteiger charge is -2.46. The van der Waals surface area contributed by atoms with E-state index in [-0.39, 0.29) is 36.2 Å². The van der Waals surface area contributed by atoms with Crippen molar-refractivity contribution in [2.75, 3.05) is 27.2 Å². The Bertz CT molecular complexity index is 1080. The number of amides is 2. The molecule has 2 aliphatic carbocycles. The molecule has 1 saturated carbocycles. The van der Waals surface area contributed by atoms with Crippen LogP contribution in [0.1, 0.15) is 62.5 Å². The fraction of sp³-hybridized carbons (Fsp3) is 0.533. The summed E-state index contributed by atoms with van der Waals surface area (Å²) in [5, 5.41) is 5.13. The van der Waals surface area contributed by atoms with Crippen molar-refractivity contribution in [3.63, 3.8) is 0 Å². The molecule has 206 valence electrons. The molecule has 4 rings (SSSR count). The molecule has 0 radical (unpaired) electrons. The number of nitrogens with one attached hydrogen (secondary N) is 1. The first-order chi connectivity index (χ1) is 18.4. The highest BCUT2D eigenvalue weighted by molar-refractivity contribution is 7.10. The fourth-order valence-corrected chi connectivity index (χ4v) is 6.83. The molecule has 0 aromatic carbocycles. The van der Waals surface area contributed by atoms with E-state index in [9.17, 15) is 9.59 Å². The van der Waals surface area contributed by atoms with E-state index >= 15 is 0 Å². The maximum absolute atomic E-state index is 13.5. The maximum Gasteiger partial charge on any atom is 0.223 e. The molecule has 1 unspecified atom stereocenters. The van der Waals surface area contributed by atoms with Gasteiger partial charge in [0.1, 0.15) is 11.4 Å². The van der Waals surface area contributed by atoms with Gasteiger partial charge in [-0.05, 0) is 70.3 Å². The largest absolute Gasteiger partial charge is 0.467 e. The molecule has 1 atom stereocenters. The highest BCUT2D eigenvalue weighted by Crippen LogP contribution is 2.44. The third kappa shape index (κ3) is 6.65. The number of hydrogen-bond acceptors (Lipinski definition) is 6. The number of carbonyl (C=O) groups excluding carboxylic acids is 2. The van der Waals surface area contributed by atoms with Crippen LogP contribution in [0.3, 0.4) is 0 Å². The van der Waals surface area contributed by atoms with Crippen molar-refractivity contribution in [3.05, 3.63) is 70.9 Å². The molecule has 2 aliphatic rings. The van der Waals surface area contributed by atoms with Crippen LogP contribution in [-0.4, -0.2) is 60.5 Å². The van der Waals surface area contributed by atoms with Crippen LogP contribution in [0, 0.1) is 0 Å². The van der Waals surface area contributed by atoms with Crippen molar-refractivity contribution >= 4 is 23.2 Å². The number of thiophene rings is 1. The van der Waals surface area contributed by atoms with Crippen molar-refractivity contribution in [1.29, 1.82) is 0 Å². The number of ether oxygens (including phenoxy) is 1. The summed E-state index contributed by atoms with van der Waals surface area (Å²) in [5.41, 5.74) is -0.513. The van der Waals surface area contributed by atoms with E-state index < -0.39 is 5.60 Å². The van der Waals surface area contributed by atoms with Gasteiger partial charge in [-0.15, -0.1) is 11.3 Å². The predicted molar refractivity (Wildman–Crippen MR) is 151 cm³/mol. The highest BCUT2D eigenvalue weighted by Gasteiger charge is 2.41. The van der Waals surface area contributed by atoms with Gasteiger partial charge in [0.25, 0.3) is 0 Å². The van der Waals surface area contributed by atoms with E-state index in [1.165, 1.54) is 4.88 Å². The van der Waals surface area contributed by atoms with Gasteiger partial charge in [-0.1, -0.05) is 30.4 Å². The number of rotatable bonds is 12. The Morgan fingerprint density at radius 2 is 1.97 bits per heavy atom. The summed E-state index contributed by atoms with van der Waals surface area (Å²) in [6.07, 6.45) is 14.4. The van der Waals surface area contributed by atoms with Crippen LogP contribution in [0.4, 0.5) is 0 Å². The monoisotopic (exact) mass is 539 g/mol. The van der Waals surface area contributed by atoms with Gasteiger partial charge in [0.05, 0.1) is 24.9 Å². The Kier molecular flexibility index (Phi) is 9.63. The second-order valence-electron chi connectivity index (χ2n) is 10.5. The van der Waals surface area contributed by atoms with E-state index in [0.29, 0.717) is 19.7 Å². The van der Waals surface area contributed by atoms with Crippen molar-refractivity contribution in [2.24, 2.45) is 0 Å². The molecule has 2 amide bonds. The summed E-state index contributed by atoms with van der Waals surface area (Å²) in [6, 6.07) is 8.22. The first-order valence-electron chi connectivity index (χ1n) is 13.7. The molecule has 1 N–H and O–H groups in total. The van der Waals surface area contributed by atoms with Crippen molar-refractivity contribution in [2.45, 2.75) is 75.6 Å².